The Morgan fingerprint density at radius 2 is 2.64 bits per heavy atom. The van der Waals surface area contributed by atoms with Gasteiger partial charge in [-0.1, -0.05) is 11.6 Å². The normalized spacial score (nSPS) is 12.1. The number of nitrogens with zero attached hydrogens (tertiary/aromatic N) is 1. The van der Waals surface area contributed by atoms with Crippen molar-refractivity contribution < 1.29 is 5.11 Å². The standard InChI is InChI=1S/C7H8ClNOS/c1-5-9-7(4-11-5)2-6(8)3-10/h2,4,10H,3H2,1H3/b6-2-. The molecule has 1 aromatic rings. The van der Waals surface area contributed by atoms with Crippen molar-refractivity contribution >= 4 is 29.0 Å². The number of aryl methyl sites for hydroxylation is 1. The Morgan fingerprint density at radius 3 is 3.09 bits per heavy atom. The van der Waals surface area contributed by atoms with Crippen LogP contribution in [0, 0.1) is 6.92 Å². The number of hydrogen-bond donors (Lipinski definition) is 1. The maximum absolute atomic E-state index is 8.58. The van der Waals surface area contributed by atoms with Gasteiger partial charge in [0.1, 0.15) is 0 Å². The predicted molar refractivity (Wildman–Crippen MR) is 47.8 cm³/mol. The Balaban J connectivity index is 2.78. The first-order valence-corrected chi connectivity index (χ1v) is 4.37. The van der Waals surface area contributed by atoms with E-state index in [2.05, 4.69) is 4.98 Å². The molecule has 0 spiro atoms. The van der Waals surface area contributed by atoms with E-state index < -0.39 is 0 Å². The molecule has 0 aliphatic carbocycles. The van der Waals surface area contributed by atoms with Crippen molar-refractivity contribution in [1.82, 2.24) is 4.98 Å². The van der Waals surface area contributed by atoms with Crippen molar-refractivity contribution in [1.29, 1.82) is 0 Å². The minimum atomic E-state index is -0.127. The maximum atomic E-state index is 8.58. The molecule has 1 aromatic heterocycles. The average molecular weight is 190 g/mol. The minimum absolute atomic E-state index is 0.127. The molecule has 0 amide bonds. The van der Waals surface area contributed by atoms with Crippen LogP contribution in [0.2, 0.25) is 0 Å². The van der Waals surface area contributed by atoms with Gasteiger partial charge in [0.2, 0.25) is 0 Å². The lowest BCUT2D eigenvalue weighted by atomic mass is 10.4. The second-order valence-corrected chi connectivity index (χ2v) is 3.59. The van der Waals surface area contributed by atoms with Gasteiger partial charge in [-0.25, -0.2) is 4.98 Å². The number of rotatable bonds is 2. The van der Waals surface area contributed by atoms with Crippen LogP contribution in [0.15, 0.2) is 10.4 Å². The number of aliphatic hydroxyl groups is 1. The van der Waals surface area contributed by atoms with Crippen LogP contribution in [0.5, 0.6) is 0 Å². The van der Waals surface area contributed by atoms with Crippen LogP contribution >= 0.6 is 22.9 Å². The number of halogens is 1. The van der Waals surface area contributed by atoms with Crippen LogP contribution in [0.25, 0.3) is 6.08 Å². The fourth-order valence-corrected chi connectivity index (χ4v) is 1.33. The van der Waals surface area contributed by atoms with Crippen molar-refractivity contribution in [2.45, 2.75) is 6.92 Å². The minimum Gasteiger partial charge on any atom is -0.391 e. The Hall–Kier alpha value is -0.380. The Kier molecular flexibility index (Phi) is 3.05. The molecule has 0 atom stereocenters. The number of hydrogen-bond acceptors (Lipinski definition) is 3. The summed E-state index contributed by atoms with van der Waals surface area (Å²) in [6.07, 6.45) is 1.66. The lowest BCUT2D eigenvalue weighted by Gasteiger charge is -1.87. The molecule has 11 heavy (non-hydrogen) atoms. The molecule has 4 heteroatoms. The number of thiazole rings is 1. The molecule has 1 N–H and O–H groups in total. The summed E-state index contributed by atoms with van der Waals surface area (Å²) in [6.45, 7) is 1.80. The highest BCUT2D eigenvalue weighted by Crippen LogP contribution is 2.12. The summed E-state index contributed by atoms with van der Waals surface area (Å²) in [4.78, 5) is 4.15. The van der Waals surface area contributed by atoms with Gasteiger partial charge in [-0.15, -0.1) is 11.3 Å². The third-order valence-electron chi connectivity index (χ3n) is 1.09. The molecule has 0 aliphatic heterocycles. The van der Waals surface area contributed by atoms with E-state index in [0.29, 0.717) is 5.03 Å². The molecule has 0 aliphatic rings. The lowest BCUT2D eigenvalue weighted by molar-refractivity contribution is 0.339. The van der Waals surface area contributed by atoms with E-state index in [1.54, 1.807) is 17.4 Å². The van der Waals surface area contributed by atoms with Gasteiger partial charge in [0.05, 0.1) is 17.3 Å². The largest absolute Gasteiger partial charge is 0.391 e. The highest BCUT2D eigenvalue weighted by atomic mass is 35.5. The van der Waals surface area contributed by atoms with Gasteiger partial charge in [-0.05, 0) is 13.0 Å². The van der Waals surface area contributed by atoms with E-state index in [4.69, 9.17) is 16.7 Å². The third-order valence-corrected chi connectivity index (χ3v) is 2.11. The molecule has 1 rings (SSSR count). The van der Waals surface area contributed by atoms with Gasteiger partial charge in [0, 0.05) is 10.4 Å². The fourth-order valence-electron chi connectivity index (χ4n) is 0.653. The van der Waals surface area contributed by atoms with Gasteiger partial charge in [0.25, 0.3) is 0 Å². The first-order chi connectivity index (χ1) is 5.22. The van der Waals surface area contributed by atoms with Crippen LogP contribution in [0.1, 0.15) is 10.7 Å². The molecular weight excluding hydrogens is 182 g/mol. The maximum Gasteiger partial charge on any atom is 0.0901 e. The lowest BCUT2D eigenvalue weighted by Crippen LogP contribution is -1.80. The molecule has 60 valence electrons. The molecule has 0 saturated heterocycles. The smallest absolute Gasteiger partial charge is 0.0901 e. The van der Waals surface area contributed by atoms with Crippen LogP contribution in [0.4, 0.5) is 0 Å². The van der Waals surface area contributed by atoms with E-state index in [0.717, 1.165) is 10.7 Å². The third kappa shape index (κ3) is 2.61. The zero-order valence-electron chi connectivity index (χ0n) is 6.04. The van der Waals surface area contributed by atoms with E-state index in [1.807, 2.05) is 12.3 Å². The monoisotopic (exact) mass is 189 g/mol. The van der Waals surface area contributed by atoms with Gasteiger partial charge < -0.3 is 5.11 Å². The quantitative estimate of drug-likeness (QED) is 0.773. The van der Waals surface area contributed by atoms with Gasteiger partial charge in [-0.3, -0.25) is 0 Å². The Labute approximate surface area is 74.2 Å². The Bertz CT molecular complexity index is 269. The van der Waals surface area contributed by atoms with Crippen LogP contribution < -0.4 is 0 Å². The molecule has 0 saturated carbocycles. The molecule has 0 fully saturated rings. The second-order valence-electron chi connectivity index (χ2n) is 2.04. The van der Waals surface area contributed by atoms with Crippen molar-refractivity contribution in [3.05, 3.63) is 21.1 Å². The zero-order chi connectivity index (χ0) is 8.27. The van der Waals surface area contributed by atoms with Crippen LogP contribution in [0.3, 0.4) is 0 Å². The van der Waals surface area contributed by atoms with Gasteiger partial charge in [-0.2, -0.15) is 0 Å². The van der Waals surface area contributed by atoms with E-state index in [9.17, 15) is 0 Å². The number of aliphatic hydroxyl groups excluding tert-OH is 1. The highest BCUT2D eigenvalue weighted by Gasteiger charge is 1.95. The van der Waals surface area contributed by atoms with Gasteiger partial charge >= 0.3 is 0 Å². The van der Waals surface area contributed by atoms with E-state index in [1.165, 1.54) is 0 Å². The summed E-state index contributed by atoms with van der Waals surface area (Å²) < 4.78 is 0. The second kappa shape index (κ2) is 3.85. The molecule has 0 bridgehead atoms. The van der Waals surface area contributed by atoms with Gasteiger partial charge in [0.15, 0.2) is 0 Å². The summed E-state index contributed by atoms with van der Waals surface area (Å²) in [7, 11) is 0. The van der Waals surface area contributed by atoms with E-state index >= 15 is 0 Å². The van der Waals surface area contributed by atoms with Crippen molar-refractivity contribution in [2.24, 2.45) is 0 Å². The van der Waals surface area contributed by atoms with Crippen molar-refractivity contribution in [2.75, 3.05) is 6.61 Å². The van der Waals surface area contributed by atoms with Crippen LogP contribution in [-0.4, -0.2) is 16.7 Å². The first kappa shape index (κ1) is 8.71. The molecule has 0 aromatic carbocycles. The molecule has 1 heterocycles. The van der Waals surface area contributed by atoms with Crippen LogP contribution in [-0.2, 0) is 0 Å². The summed E-state index contributed by atoms with van der Waals surface area (Å²) in [5.41, 5.74) is 0.812. The molecular formula is C7H8ClNOS. The van der Waals surface area contributed by atoms with E-state index in [-0.39, 0.29) is 6.61 Å². The fraction of sp³-hybridized carbons (Fsp3) is 0.286. The Morgan fingerprint density at radius 1 is 1.91 bits per heavy atom. The highest BCUT2D eigenvalue weighted by molar-refractivity contribution is 7.09. The molecule has 2 nitrogen and oxygen atoms in total. The zero-order valence-corrected chi connectivity index (χ0v) is 7.61. The van der Waals surface area contributed by atoms with Crippen molar-refractivity contribution in [3.63, 3.8) is 0 Å². The summed E-state index contributed by atoms with van der Waals surface area (Å²) in [6, 6.07) is 0. The average Bonchev–Trinajstić information content (AvgIpc) is 2.35. The number of aromatic nitrogens is 1. The topological polar surface area (TPSA) is 33.1 Å². The molecule has 0 unspecified atom stereocenters. The van der Waals surface area contributed by atoms with Crippen molar-refractivity contribution in [3.8, 4) is 0 Å². The predicted octanol–water partition coefficient (Wildman–Crippen LogP) is 2.02. The summed E-state index contributed by atoms with van der Waals surface area (Å²) in [5, 5.41) is 11.9. The summed E-state index contributed by atoms with van der Waals surface area (Å²) in [5.74, 6) is 0. The molecule has 0 radical (unpaired) electrons. The summed E-state index contributed by atoms with van der Waals surface area (Å²) >= 11 is 7.15. The first-order valence-electron chi connectivity index (χ1n) is 3.11. The SMILES string of the molecule is Cc1nc(/C=C(\Cl)CO)cs1.